The van der Waals surface area contributed by atoms with Crippen LogP contribution in [0.15, 0.2) is 42.5 Å². The molecule has 0 aromatic heterocycles. The van der Waals surface area contributed by atoms with Gasteiger partial charge in [-0.1, -0.05) is 18.2 Å². The van der Waals surface area contributed by atoms with E-state index in [1.54, 1.807) is 24.3 Å². The predicted octanol–water partition coefficient (Wildman–Crippen LogP) is 2.23. The lowest BCUT2D eigenvalue weighted by molar-refractivity contribution is -0.136. The van der Waals surface area contributed by atoms with E-state index in [2.05, 4.69) is 5.32 Å². The molecule has 0 saturated carbocycles. The predicted molar refractivity (Wildman–Crippen MR) is 79.8 cm³/mol. The number of benzene rings is 2. The van der Waals surface area contributed by atoms with E-state index in [1.807, 2.05) is 5.32 Å². The Balaban J connectivity index is 1.98. The summed E-state index contributed by atoms with van der Waals surface area (Å²) in [5.74, 6) is -3.07. The van der Waals surface area contributed by atoms with Gasteiger partial charge in [0.05, 0.1) is 12.8 Å². The first-order valence-corrected chi connectivity index (χ1v) is 6.67. The monoisotopic (exact) mass is 320 g/mol. The van der Waals surface area contributed by atoms with E-state index in [0.29, 0.717) is 11.3 Å². The van der Waals surface area contributed by atoms with Gasteiger partial charge in [-0.25, -0.2) is 8.78 Å². The maximum Gasteiger partial charge on any atom is 0.313 e. The number of amides is 2. The summed E-state index contributed by atoms with van der Waals surface area (Å²) in [5.41, 5.74) is 0.274. The quantitative estimate of drug-likeness (QED) is 0.849. The molecule has 0 atom stereocenters. The summed E-state index contributed by atoms with van der Waals surface area (Å²) >= 11 is 0. The summed E-state index contributed by atoms with van der Waals surface area (Å²) in [6.07, 6.45) is 0. The first-order valence-electron chi connectivity index (χ1n) is 6.67. The van der Waals surface area contributed by atoms with Crippen molar-refractivity contribution in [3.63, 3.8) is 0 Å². The van der Waals surface area contributed by atoms with E-state index < -0.39 is 29.1 Å². The van der Waals surface area contributed by atoms with Crippen molar-refractivity contribution in [2.24, 2.45) is 0 Å². The molecule has 2 aromatic rings. The molecule has 2 rings (SSSR count). The van der Waals surface area contributed by atoms with Crippen LogP contribution in [-0.4, -0.2) is 18.9 Å². The van der Waals surface area contributed by atoms with E-state index in [-0.39, 0.29) is 6.54 Å². The summed E-state index contributed by atoms with van der Waals surface area (Å²) in [6.45, 7) is 0.0574. The molecule has 120 valence electrons. The topological polar surface area (TPSA) is 67.4 Å². The average Bonchev–Trinajstić information content (AvgIpc) is 2.56. The zero-order valence-electron chi connectivity index (χ0n) is 12.2. The molecule has 0 aliphatic carbocycles. The molecule has 0 aliphatic heterocycles. The Hall–Kier alpha value is -2.96. The molecule has 7 heteroatoms. The number of anilines is 1. The SMILES string of the molecule is COc1ccccc1CNC(=O)C(=O)Nc1cc(F)ccc1F. The molecule has 2 amide bonds. The van der Waals surface area contributed by atoms with Gasteiger partial charge >= 0.3 is 11.8 Å². The van der Waals surface area contributed by atoms with Crippen molar-refractivity contribution in [1.82, 2.24) is 5.32 Å². The molecular formula is C16H14F2N2O3. The number of nitrogens with one attached hydrogen (secondary N) is 2. The zero-order chi connectivity index (χ0) is 16.8. The Labute approximate surface area is 131 Å². The van der Waals surface area contributed by atoms with Crippen LogP contribution in [0.25, 0.3) is 0 Å². The molecule has 0 fully saturated rings. The molecule has 0 saturated heterocycles. The van der Waals surface area contributed by atoms with Crippen LogP contribution >= 0.6 is 0 Å². The van der Waals surface area contributed by atoms with Crippen LogP contribution in [0.5, 0.6) is 5.75 Å². The number of carbonyl (C=O) groups is 2. The minimum absolute atomic E-state index is 0.0574. The number of carbonyl (C=O) groups excluding carboxylic acids is 2. The van der Waals surface area contributed by atoms with Crippen LogP contribution in [0.4, 0.5) is 14.5 Å². The molecule has 0 aliphatic rings. The maximum atomic E-state index is 13.4. The molecule has 5 nitrogen and oxygen atoms in total. The summed E-state index contributed by atoms with van der Waals surface area (Å²) in [4.78, 5) is 23.4. The van der Waals surface area contributed by atoms with Gasteiger partial charge < -0.3 is 15.4 Å². The van der Waals surface area contributed by atoms with Crippen molar-refractivity contribution in [2.45, 2.75) is 6.54 Å². The van der Waals surface area contributed by atoms with Gasteiger partial charge in [0.1, 0.15) is 17.4 Å². The lowest BCUT2D eigenvalue weighted by Gasteiger charge is -2.10. The highest BCUT2D eigenvalue weighted by molar-refractivity contribution is 6.39. The first kappa shape index (κ1) is 16.4. The second-order valence-electron chi connectivity index (χ2n) is 4.57. The first-order chi connectivity index (χ1) is 11.0. The average molecular weight is 320 g/mol. The Kier molecular flexibility index (Phi) is 5.24. The Morgan fingerprint density at radius 3 is 2.57 bits per heavy atom. The van der Waals surface area contributed by atoms with E-state index in [1.165, 1.54) is 7.11 Å². The van der Waals surface area contributed by atoms with Crippen LogP contribution in [-0.2, 0) is 16.1 Å². The number of halogens is 2. The molecule has 0 unspecified atom stereocenters. The molecular weight excluding hydrogens is 306 g/mol. The van der Waals surface area contributed by atoms with E-state index in [4.69, 9.17) is 4.74 Å². The molecule has 23 heavy (non-hydrogen) atoms. The summed E-state index contributed by atoms with van der Waals surface area (Å²) in [5, 5.41) is 4.40. The Morgan fingerprint density at radius 2 is 1.83 bits per heavy atom. The van der Waals surface area contributed by atoms with Gasteiger partial charge in [0.25, 0.3) is 0 Å². The second-order valence-corrected chi connectivity index (χ2v) is 4.57. The number of methoxy groups -OCH3 is 1. The molecule has 0 bridgehead atoms. The zero-order valence-corrected chi connectivity index (χ0v) is 12.2. The van der Waals surface area contributed by atoms with Gasteiger partial charge in [-0.2, -0.15) is 0 Å². The minimum atomic E-state index is -1.09. The molecule has 2 N–H and O–H groups in total. The van der Waals surface area contributed by atoms with E-state index in [9.17, 15) is 18.4 Å². The lowest BCUT2D eigenvalue weighted by atomic mass is 10.2. The fraction of sp³-hybridized carbons (Fsp3) is 0.125. The third-order valence-corrected chi connectivity index (χ3v) is 3.01. The number of rotatable bonds is 4. The largest absolute Gasteiger partial charge is 0.496 e. The fourth-order valence-corrected chi connectivity index (χ4v) is 1.88. The number of para-hydroxylation sites is 1. The number of hydrogen-bond donors (Lipinski definition) is 2. The molecule has 0 radical (unpaired) electrons. The highest BCUT2D eigenvalue weighted by Crippen LogP contribution is 2.17. The minimum Gasteiger partial charge on any atom is -0.496 e. The van der Waals surface area contributed by atoms with Gasteiger partial charge in [0.15, 0.2) is 0 Å². The van der Waals surface area contributed by atoms with Crippen molar-refractivity contribution in [3.05, 3.63) is 59.7 Å². The molecule has 0 spiro atoms. The standard InChI is InChI=1S/C16H14F2N2O3/c1-23-14-5-3-2-4-10(14)9-19-15(21)16(22)20-13-8-11(17)6-7-12(13)18/h2-8H,9H2,1H3,(H,19,21)(H,20,22). The van der Waals surface area contributed by atoms with Crippen LogP contribution in [0.2, 0.25) is 0 Å². The highest BCUT2D eigenvalue weighted by atomic mass is 19.1. The Morgan fingerprint density at radius 1 is 1.09 bits per heavy atom. The van der Waals surface area contributed by atoms with Crippen LogP contribution < -0.4 is 15.4 Å². The fourth-order valence-electron chi connectivity index (χ4n) is 1.88. The van der Waals surface area contributed by atoms with Crippen LogP contribution in [0.1, 0.15) is 5.56 Å². The van der Waals surface area contributed by atoms with E-state index in [0.717, 1.165) is 18.2 Å². The smallest absolute Gasteiger partial charge is 0.313 e. The number of ether oxygens (including phenoxy) is 1. The van der Waals surface area contributed by atoms with Crippen molar-refractivity contribution < 1.29 is 23.1 Å². The van der Waals surface area contributed by atoms with Crippen molar-refractivity contribution >= 4 is 17.5 Å². The van der Waals surface area contributed by atoms with Gasteiger partial charge in [-0.05, 0) is 18.2 Å². The summed E-state index contributed by atoms with van der Waals surface area (Å²) in [6, 6.07) is 9.52. The van der Waals surface area contributed by atoms with Crippen molar-refractivity contribution in [2.75, 3.05) is 12.4 Å². The normalized spacial score (nSPS) is 10.0. The maximum absolute atomic E-state index is 13.4. The van der Waals surface area contributed by atoms with Gasteiger partial charge in [-0.3, -0.25) is 9.59 Å². The van der Waals surface area contributed by atoms with E-state index >= 15 is 0 Å². The van der Waals surface area contributed by atoms with Gasteiger partial charge in [0.2, 0.25) is 0 Å². The third kappa shape index (κ3) is 4.26. The van der Waals surface area contributed by atoms with Crippen LogP contribution in [0, 0.1) is 11.6 Å². The Bertz CT molecular complexity index is 735. The van der Waals surface area contributed by atoms with Crippen molar-refractivity contribution in [1.29, 1.82) is 0 Å². The summed E-state index contributed by atoms with van der Waals surface area (Å²) in [7, 11) is 1.49. The van der Waals surface area contributed by atoms with Crippen LogP contribution in [0.3, 0.4) is 0 Å². The third-order valence-electron chi connectivity index (χ3n) is 3.01. The van der Waals surface area contributed by atoms with Gasteiger partial charge in [-0.15, -0.1) is 0 Å². The van der Waals surface area contributed by atoms with Gasteiger partial charge in [0, 0.05) is 18.2 Å². The molecule has 0 heterocycles. The lowest BCUT2D eigenvalue weighted by Crippen LogP contribution is -2.35. The summed E-state index contributed by atoms with van der Waals surface area (Å²) < 4.78 is 31.6. The van der Waals surface area contributed by atoms with Crippen molar-refractivity contribution in [3.8, 4) is 5.75 Å². The molecule has 2 aromatic carbocycles. The second kappa shape index (κ2) is 7.35. The highest BCUT2D eigenvalue weighted by Gasteiger charge is 2.16. The number of hydrogen-bond acceptors (Lipinski definition) is 3.